The molecule has 0 amide bonds. The number of hydrogen-bond donors (Lipinski definition) is 1. The van der Waals surface area contributed by atoms with Gasteiger partial charge in [-0.15, -0.1) is 0 Å². The van der Waals surface area contributed by atoms with Crippen molar-refractivity contribution in [2.24, 2.45) is 0 Å². The maximum atomic E-state index is 6.30. The summed E-state index contributed by atoms with van der Waals surface area (Å²) in [6, 6.07) is 44.0. The third-order valence-corrected chi connectivity index (χ3v) is 8.29. The molecule has 0 radical (unpaired) electrons. The fourth-order valence-electron chi connectivity index (χ4n) is 5.67. The summed E-state index contributed by atoms with van der Waals surface area (Å²) in [5.41, 5.74) is 15.5. The van der Waals surface area contributed by atoms with Gasteiger partial charge in [0.05, 0.1) is 0 Å². The van der Waals surface area contributed by atoms with Gasteiger partial charge in [0.25, 0.3) is 0 Å². The first-order valence-electron chi connectivity index (χ1n) is 14.8. The van der Waals surface area contributed by atoms with E-state index < -0.39 is 0 Å². The molecule has 0 fully saturated rings. The van der Waals surface area contributed by atoms with Crippen molar-refractivity contribution in [3.05, 3.63) is 132 Å². The highest BCUT2D eigenvalue weighted by atomic mass is 15.1. The van der Waals surface area contributed by atoms with Crippen molar-refractivity contribution in [1.82, 2.24) is 0 Å². The minimum atomic E-state index is 0.112. The normalized spacial score (nSPS) is 12.1. The zero-order valence-electron chi connectivity index (χ0n) is 25.6. The number of benzene rings is 6. The number of anilines is 4. The molecule has 0 heterocycles. The smallest absolute Gasteiger partial charge is 0.0468 e. The highest BCUT2D eigenvalue weighted by Gasteiger charge is 2.18. The highest BCUT2D eigenvalue weighted by Crippen LogP contribution is 2.39. The average molecular weight is 549 g/mol. The van der Waals surface area contributed by atoms with Crippen molar-refractivity contribution in [3.8, 4) is 11.1 Å². The Bertz CT molecular complexity index is 1800. The van der Waals surface area contributed by atoms with Crippen LogP contribution in [0.15, 0.2) is 121 Å². The van der Waals surface area contributed by atoms with Crippen LogP contribution in [0.1, 0.15) is 52.7 Å². The van der Waals surface area contributed by atoms with Crippen molar-refractivity contribution in [2.45, 2.75) is 52.4 Å². The summed E-state index contributed by atoms with van der Waals surface area (Å²) in [6.45, 7) is 13.6. The van der Waals surface area contributed by atoms with E-state index >= 15 is 0 Å². The Morgan fingerprint density at radius 1 is 0.452 bits per heavy atom. The molecule has 2 heteroatoms. The zero-order valence-corrected chi connectivity index (χ0v) is 25.6. The standard InChI is InChI=1S/C40H40N2/c1-39(2,3)32-17-11-30-25-35(21-15-28(30)23-32)42(34-19-13-27(14-20-34)37-9-7-8-10-38(37)41)36-22-16-29-24-33(40(4,5)6)18-12-31(29)26-36/h7-26H,41H2,1-6H3. The lowest BCUT2D eigenvalue weighted by Gasteiger charge is -2.27. The van der Waals surface area contributed by atoms with E-state index in [1.807, 2.05) is 18.2 Å². The van der Waals surface area contributed by atoms with Crippen LogP contribution in [0.2, 0.25) is 0 Å². The summed E-state index contributed by atoms with van der Waals surface area (Å²) >= 11 is 0. The van der Waals surface area contributed by atoms with Crippen LogP contribution in [-0.4, -0.2) is 0 Å². The van der Waals surface area contributed by atoms with Gasteiger partial charge in [-0.1, -0.05) is 120 Å². The van der Waals surface area contributed by atoms with Gasteiger partial charge >= 0.3 is 0 Å². The molecule has 2 nitrogen and oxygen atoms in total. The van der Waals surface area contributed by atoms with Gasteiger partial charge in [0, 0.05) is 28.3 Å². The molecule has 0 aromatic heterocycles. The highest BCUT2D eigenvalue weighted by molar-refractivity contribution is 5.93. The lowest BCUT2D eigenvalue weighted by Crippen LogP contribution is -2.11. The summed E-state index contributed by atoms with van der Waals surface area (Å²) in [6.07, 6.45) is 0. The number of hydrogen-bond acceptors (Lipinski definition) is 2. The zero-order chi connectivity index (χ0) is 29.6. The minimum Gasteiger partial charge on any atom is -0.398 e. The van der Waals surface area contributed by atoms with Crippen LogP contribution in [0.25, 0.3) is 32.7 Å². The van der Waals surface area contributed by atoms with Crippen LogP contribution in [0.3, 0.4) is 0 Å². The quantitative estimate of drug-likeness (QED) is 0.222. The van der Waals surface area contributed by atoms with Crippen LogP contribution in [0, 0.1) is 0 Å². The second kappa shape index (κ2) is 10.4. The molecule has 0 atom stereocenters. The second-order valence-electron chi connectivity index (χ2n) is 13.5. The van der Waals surface area contributed by atoms with Gasteiger partial charge < -0.3 is 10.6 Å². The molecule has 2 N–H and O–H groups in total. The molecule has 6 aromatic carbocycles. The van der Waals surface area contributed by atoms with E-state index in [0.717, 1.165) is 33.9 Å². The Morgan fingerprint density at radius 3 is 1.36 bits per heavy atom. The van der Waals surface area contributed by atoms with Crippen LogP contribution < -0.4 is 10.6 Å². The van der Waals surface area contributed by atoms with Crippen molar-refractivity contribution in [3.63, 3.8) is 0 Å². The Hall–Kier alpha value is -4.56. The lowest BCUT2D eigenvalue weighted by molar-refractivity contribution is 0.591. The number of fused-ring (bicyclic) bond motifs is 2. The van der Waals surface area contributed by atoms with Gasteiger partial charge in [-0.2, -0.15) is 0 Å². The third kappa shape index (κ3) is 5.37. The van der Waals surface area contributed by atoms with Crippen molar-refractivity contribution >= 4 is 44.3 Å². The van der Waals surface area contributed by atoms with E-state index in [4.69, 9.17) is 5.73 Å². The SMILES string of the molecule is CC(C)(C)c1ccc2cc(N(c3ccc(-c4ccccc4N)cc3)c3ccc4cc(C(C)(C)C)ccc4c3)ccc2c1. The Balaban J connectivity index is 1.48. The van der Waals surface area contributed by atoms with E-state index in [2.05, 4.69) is 150 Å². The predicted molar refractivity (Wildman–Crippen MR) is 183 cm³/mol. The molecule has 210 valence electrons. The molecule has 42 heavy (non-hydrogen) atoms. The predicted octanol–water partition coefficient (Wildman–Crippen LogP) is 11.3. The number of nitrogens with zero attached hydrogens (tertiary/aromatic N) is 1. The first-order chi connectivity index (χ1) is 20.0. The fourth-order valence-corrected chi connectivity index (χ4v) is 5.67. The summed E-state index contributed by atoms with van der Waals surface area (Å²) < 4.78 is 0. The molecule has 6 rings (SSSR count). The molecule has 0 unspecified atom stereocenters. The minimum absolute atomic E-state index is 0.112. The Kier molecular flexibility index (Phi) is 6.81. The maximum absolute atomic E-state index is 6.30. The van der Waals surface area contributed by atoms with Crippen LogP contribution in [0.5, 0.6) is 0 Å². The maximum Gasteiger partial charge on any atom is 0.0468 e. The third-order valence-electron chi connectivity index (χ3n) is 8.29. The molecule has 0 bridgehead atoms. The van der Waals surface area contributed by atoms with E-state index in [9.17, 15) is 0 Å². The number of rotatable bonds is 4. The van der Waals surface area contributed by atoms with E-state index in [1.54, 1.807) is 0 Å². The van der Waals surface area contributed by atoms with E-state index in [0.29, 0.717) is 0 Å². The monoisotopic (exact) mass is 548 g/mol. The largest absolute Gasteiger partial charge is 0.398 e. The van der Waals surface area contributed by atoms with E-state index in [1.165, 1.54) is 32.7 Å². The van der Waals surface area contributed by atoms with Gasteiger partial charge in [0.1, 0.15) is 0 Å². The average Bonchev–Trinajstić information content (AvgIpc) is 2.96. The molecule has 0 spiro atoms. The van der Waals surface area contributed by atoms with Crippen LogP contribution in [0.4, 0.5) is 22.7 Å². The van der Waals surface area contributed by atoms with Gasteiger partial charge in [0.15, 0.2) is 0 Å². The summed E-state index contributed by atoms with van der Waals surface area (Å²) in [4.78, 5) is 2.35. The molecule has 6 aromatic rings. The number of nitrogen functional groups attached to an aromatic ring is 1. The van der Waals surface area contributed by atoms with Gasteiger partial charge in [-0.25, -0.2) is 0 Å². The van der Waals surface area contributed by atoms with Gasteiger partial charge in [-0.3, -0.25) is 0 Å². The number of nitrogens with two attached hydrogens (primary N) is 1. The van der Waals surface area contributed by atoms with Crippen LogP contribution in [-0.2, 0) is 10.8 Å². The van der Waals surface area contributed by atoms with Crippen molar-refractivity contribution in [1.29, 1.82) is 0 Å². The molecule has 0 saturated carbocycles. The lowest BCUT2D eigenvalue weighted by atomic mass is 9.86. The van der Waals surface area contributed by atoms with Crippen molar-refractivity contribution in [2.75, 3.05) is 10.6 Å². The summed E-state index contributed by atoms with van der Waals surface area (Å²) in [5.74, 6) is 0. The molecule has 0 aliphatic carbocycles. The molecular formula is C40H40N2. The summed E-state index contributed by atoms with van der Waals surface area (Å²) in [7, 11) is 0. The Labute approximate surface area is 250 Å². The fraction of sp³-hybridized carbons (Fsp3) is 0.200. The van der Waals surface area contributed by atoms with Crippen molar-refractivity contribution < 1.29 is 0 Å². The second-order valence-corrected chi connectivity index (χ2v) is 13.5. The van der Waals surface area contributed by atoms with Gasteiger partial charge in [-0.05, 0) is 91.5 Å². The number of para-hydroxylation sites is 1. The van der Waals surface area contributed by atoms with Gasteiger partial charge in [0.2, 0.25) is 0 Å². The summed E-state index contributed by atoms with van der Waals surface area (Å²) in [5, 5.41) is 4.98. The Morgan fingerprint density at radius 2 is 0.881 bits per heavy atom. The topological polar surface area (TPSA) is 29.3 Å². The molecular weight excluding hydrogens is 508 g/mol. The van der Waals surface area contributed by atoms with E-state index in [-0.39, 0.29) is 10.8 Å². The first-order valence-corrected chi connectivity index (χ1v) is 14.8. The molecule has 0 aliphatic rings. The molecule has 0 saturated heterocycles. The first kappa shape index (κ1) is 27.6. The molecule has 0 aliphatic heterocycles. The van der Waals surface area contributed by atoms with Crippen LogP contribution >= 0.6 is 0 Å².